The highest BCUT2D eigenvalue weighted by Gasteiger charge is 2.09. The van der Waals surface area contributed by atoms with Crippen LogP contribution in [0, 0.1) is 5.92 Å². The Labute approximate surface area is 117 Å². The maximum atomic E-state index is 5.74. The molecule has 0 fully saturated rings. The van der Waals surface area contributed by atoms with Gasteiger partial charge >= 0.3 is 0 Å². The first kappa shape index (κ1) is 16.0. The molecule has 1 aromatic rings. The van der Waals surface area contributed by atoms with Gasteiger partial charge in [0.2, 0.25) is 0 Å². The van der Waals surface area contributed by atoms with Gasteiger partial charge in [0.25, 0.3) is 0 Å². The predicted octanol–water partition coefficient (Wildman–Crippen LogP) is 3.54. The lowest BCUT2D eigenvalue weighted by Crippen LogP contribution is -2.13. The minimum Gasteiger partial charge on any atom is -0.494 e. The highest BCUT2D eigenvalue weighted by molar-refractivity contribution is 5.38. The van der Waals surface area contributed by atoms with Gasteiger partial charge in [0.15, 0.2) is 0 Å². The Morgan fingerprint density at radius 1 is 1.21 bits per heavy atom. The summed E-state index contributed by atoms with van der Waals surface area (Å²) in [6.45, 7) is 10.5. The molecule has 0 aliphatic rings. The highest BCUT2D eigenvalue weighted by atomic mass is 16.5. The zero-order chi connectivity index (χ0) is 14.3. The Morgan fingerprint density at radius 3 is 2.53 bits per heavy atom. The molecule has 0 aliphatic carbocycles. The van der Waals surface area contributed by atoms with Crippen LogP contribution in [0.5, 0.6) is 5.75 Å². The molecule has 1 aromatic carbocycles. The number of hydrogen-bond acceptors (Lipinski definition) is 3. The van der Waals surface area contributed by atoms with Crippen molar-refractivity contribution < 1.29 is 9.47 Å². The molecule has 0 saturated carbocycles. The van der Waals surface area contributed by atoms with Crippen LogP contribution >= 0.6 is 0 Å². The topological polar surface area (TPSA) is 30.5 Å². The van der Waals surface area contributed by atoms with E-state index in [0.717, 1.165) is 17.9 Å². The second-order valence-corrected chi connectivity index (χ2v) is 5.22. The Kier molecular flexibility index (Phi) is 6.89. The van der Waals surface area contributed by atoms with E-state index in [1.807, 2.05) is 20.0 Å². The molecule has 0 bridgehead atoms. The largest absolute Gasteiger partial charge is 0.494 e. The summed E-state index contributed by atoms with van der Waals surface area (Å²) in [6.07, 6.45) is 0. The smallest absolute Gasteiger partial charge is 0.124 e. The SMILES string of the molecule is CCOc1ccc(C(C)NC)cc1COCC(C)C. The second kappa shape index (κ2) is 8.18. The lowest BCUT2D eigenvalue weighted by atomic mass is 10.0. The van der Waals surface area contributed by atoms with E-state index in [0.29, 0.717) is 25.2 Å². The molecule has 1 rings (SSSR count). The Bertz CT molecular complexity index is 377. The Morgan fingerprint density at radius 2 is 1.95 bits per heavy atom. The fraction of sp³-hybridized carbons (Fsp3) is 0.625. The normalized spacial score (nSPS) is 12.7. The van der Waals surface area contributed by atoms with Crippen molar-refractivity contribution in [3.63, 3.8) is 0 Å². The van der Waals surface area contributed by atoms with Crippen molar-refractivity contribution in [3.8, 4) is 5.75 Å². The van der Waals surface area contributed by atoms with E-state index < -0.39 is 0 Å². The van der Waals surface area contributed by atoms with Crippen LogP contribution in [0.2, 0.25) is 0 Å². The van der Waals surface area contributed by atoms with Gasteiger partial charge in [-0.15, -0.1) is 0 Å². The number of nitrogens with one attached hydrogen (secondary N) is 1. The summed E-state index contributed by atoms with van der Waals surface area (Å²) in [5.41, 5.74) is 2.39. The molecule has 0 aliphatic heterocycles. The third-order valence-electron chi connectivity index (χ3n) is 3.03. The van der Waals surface area contributed by atoms with Crippen LogP contribution in [-0.2, 0) is 11.3 Å². The van der Waals surface area contributed by atoms with Gasteiger partial charge in [-0.2, -0.15) is 0 Å². The van der Waals surface area contributed by atoms with Gasteiger partial charge in [-0.3, -0.25) is 0 Å². The molecule has 0 aromatic heterocycles. The number of rotatable bonds is 8. The molecule has 0 spiro atoms. The standard InChI is InChI=1S/C16H27NO2/c1-6-19-16-8-7-14(13(4)17-5)9-15(16)11-18-10-12(2)3/h7-9,12-13,17H,6,10-11H2,1-5H3. The third-order valence-corrected chi connectivity index (χ3v) is 3.03. The summed E-state index contributed by atoms with van der Waals surface area (Å²) in [5.74, 6) is 1.48. The third kappa shape index (κ3) is 5.21. The average molecular weight is 265 g/mol. The molecule has 3 nitrogen and oxygen atoms in total. The van der Waals surface area contributed by atoms with Crippen molar-refractivity contribution in [2.24, 2.45) is 5.92 Å². The van der Waals surface area contributed by atoms with E-state index in [-0.39, 0.29) is 0 Å². The number of hydrogen-bond donors (Lipinski definition) is 1. The summed E-state index contributed by atoms with van der Waals surface area (Å²) >= 11 is 0. The molecule has 0 heterocycles. The van der Waals surface area contributed by atoms with E-state index in [2.05, 4.69) is 38.2 Å². The van der Waals surface area contributed by atoms with E-state index in [1.54, 1.807) is 0 Å². The molecular weight excluding hydrogens is 238 g/mol. The van der Waals surface area contributed by atoms with Gasteiger partial charge in [0, 0.05) is 18.2 Å². The molecule has 0 amide bonds. The zero-order valence-corrected chi connectivity index (χ0v) is 12.8. The van der Waals surface area contributed by atoms with Crippen LogP contribution in [0.4, 0.5) is 0 Å². The summed E-state index contributed by atoms with van der Waals surface area (Å²) in [4.78, 5) is 0. The fourth-order valence-corrected chi connectivity index (χ4v) is 1.85. The molecule has 1 atom stereocenters. The Balaban J connectivity index is 2.82. The number of ether oxygens (including phenoxy) is 2. The van der Waals surface area contributed by atoms with Crippen molar-refractivity contribution in [2.75, 3.05) is 20.3 Å². The first-order chi connectivity index (χ1) is 9.08. The van der Waals surface area contributed by atoms with Crippen molar-refractivity contribution in [1.82, 2.24) is 5.32 Å². The minimum atomic E-state index is 0.333. The summed E-state index contributed by atoms with van der Waals surface area (Å²) in [6, 6.07) is 6.66. The first-order valence-corrected chi connectivity index (χ1v) is 7.09. The van der Waals surface area contributed by atoms with Gasteiger partial charge < -0.3 is 14.8 Å². The zero-order valence-electron chi connectivity index (χ0n) is 12.8. The van der Waals surface area contributed by atoms with Gasteiger partial charge in [0.05, 0.1) is 13.2 Å². The quantitative estimate of drug-likeness (QED) is 0.780. The average Bonchev–Trinajstić information content (AvgIpc) is 2.39. The maximum absolute atomic E-state index is 5.74. The van der Waals surface area contributed by atoms with E-state index >= 15 is 0 Å². The monoisotopic (exact) mass is 265 g/mol. The first-order valence-electron chi connectivity index (χ1n) is 7.09. The van der Waals surface area contributed by atoms with Crippen molar-refractivity contribution in [1.29, 1.82) is 0 Å². The summed E-state index contributed by atoms with van der Waals surface area (Å²) in [7, 11) is 1.97. The minimum absolute atomic E-state index is 0.333. The van der Waals surface area contributed by atoms with Crippen LogP contribution in [0.3, 0.4) is 0 Å². The fourth-order valence-electron chi connectivity index (χ4n) is 1.85. The van der Waals surface area contributed by atoms with Crippen LogP contribution in [0.15, 0.2) is 18.2 Å². The van der Waals surface area contributed by atoms with E-state index in [4.69, 9.17) is 9.47 Å². The van der Waals surface area contributed by atoms with E-state index in [1.165, 1.54) is 5.56 Å². The predicted molar refractivity (Wildman–Crippen MR) is 79.6 cm³/mol. The van der Waals surface area contributed by atoms with Gasteiger partial charge in [-0.1, -0.05) is 19.9 Å². The molecule has 108 valence electrons. The van der Waals surface area contributed by atoms with Gasteiger partial charge in [-0.25, -0.2) is 0 Å². The molecule has 1 N–H and O–H groups in total. The molecule has 1 unspecified atom stereocenters. The van der Waals surface area contributed by atoms with Crippen molar-refractivity contribution in [2.45, 2.75) is 40.3 Å². The molecule has 3 heteroatoms. The number of benzene rings is 1. The van der Waals surface area contributed by atoms with E-state index in [9.17, 15) is 0 Å². The lowest BCUT2D eigenvalue weighted by Gasteiger charge is -2.16. The second-order valence-electron chi connectivity index (χ2n) is 5.22. The summed E-state index contributed by atoms with van der Waals surface area (Å²) in [5, 5.41) is 3.25. The lowest BCUT2D eigenvalue weighted by molar-refractivity contribution is 0.0950. The molecule has 0 radical (unpaired) electrons. The van der Waals surface area contributed by atoms with Crippen molar-refractivity contribution >= 4 is 0 Å². The highest BCUT2D eigenvalue weighted by Crippen LogP contribution is 2.24. The maximum Gasteiger partial charge on any atom is 0.124 e. The van der Waals surface area contributed by atoms with Crippen LogP contribution in [-0.4, -0.2) is 20.3 Å². The molecular formula is C16H27NO2. The van der Waals surface area contributed by atoms with Crippen molar-refractivity contribution in [3.05, 3.63) is 29.3 Å². The van der Waals surface area contributed by atoms with Crippen LogP contribution in [0.25, 0.3) is 0 Å². The van der Waals surface area contributed by atoms with Crippen LogP contribution in [0.1, 0.15) is 44.9 Å². The van der Waals surface area contributed by atoms with Crippen LogP contribution < -0.4 is 10.1 Å². The summed E-state index contributed by atoms with van der Waals surface area (Å²) < 4.78 is 11.4. The molecule has 19 heavy (non-hydrogen) atoms. The van der Waals surface area contributed by atoms with Gasteiger partial charge in [-0.05, 0) is 44.5 Å². The Hall–Kier alpha value is -1.06. The molecule has 0 saturated heterocycles. The van der Waals surface area contributed by atoms with Gasteiger partial charge in [0.1, 0.15) is 5.75 Å².